The van der Waals surface area contributed by atoms with Crippen LogP contribution in [0.3, 0.4) is 0 Å². The van der Waals surface area contributed by atoms with Crippen LogP contribution < -0.4 is 15.4 Å². The van der Waals surface area contributed by atoms with Gasteiger partial charge in [-0.3, -0.25) is 4.99 Å². The fourth-order valence-electron chi connectivity index (χ4n) is 3.42. The topological polar surface area (TPSA) is 58.1 Å². The molecule has 0 aromatic heterocycles. The van der Waals surface area contributed by atoms with Gasteiger partial charge in [0.25, 0.3) is 0 Å². The number of piperidine rings is 1. The molecule has 1 saturated heterocycles. The number of hydrogen-bond donors (Lipinski definition) is 2. The van der Waals surface area contributed by atoms with E-state index in [1.165, 1.54) is 31.5 Å². The number of hydrogen-bond acceptors (Lipinski definition) is 4. The Morgan fingerprint density at radius 1 is 1.29 bits per heavy atom. The quantitative estimate of drug-likeness (QED) is 0.235. The van der Waals surface area contributed by atoms with E-state index in [0.29, 0.717) is 25.7 Å². The molecule has 28 heavy (non-hydrogen) atoms. The third-order valence-electron chi connectivity index (χ3n) is 5.05. The minimum Gasteiger partial charge on any atom is -0.491 e. The number of halogens is 1. The van der Waals surface area contributed by atoms with E-state index in [1.807, 2.05) is 7.05 Å². The Hall–Kier alpha value is -1.06. The van der Waals surface area contributed by atoms with Gasteiger partial charge in [0.05, 0.1) is 6.61 Å². The molecule has 0 amide bonds. The standard InChI is InChI=1S/C21H36N4O2.HI/c1-5-25-10-6-7-18(16-25)14-23-21(22-3)24-15-19-9-8-17(2)13-20(19)27-12-11-26-4;/h8-9,13,18H,5-7,10-12,14-16H2,1-4H3,(H2,22,23,24);1H. The fraction of sp³-hybridized carbons (Fsp3) is 0.667. The molecule has 0 saturated carbocycles. The van der Waals surface area contributed by atoms with E-state index in [1.54, 1.807) is 7.11 Å². The van der Waals surface area contributed by atoms with Crippen LogP contribution in [0, 0.1) is 12.8 Å². The molecule has 1 aliphatic rings. The first-order valence-electron chi connectivity index (χ1n) is 10.0. The average Bonchev–Trinajstić information content (AvgIpc) is 2.69. The van der Waals surface area contributed by atoms with Crippen LogP contribution in [0.4, 0.5) is 0 Å². The highest BCUT2D eigenvalue weighted by atomic mass is 127. The molecule has 7 heteroatoms. The van der Waals surface area contributed by atoms with E-state index in [-0.39, 0.29) is 24.0 Å². The van der Waals surface area contributed by atoms with Crippen LogP contribution in [0.25, 0.3) is 0 Å². The maximum absolute atomic E-state index is 5.87. The van der Waals surface area contributed by atoms with Crippen LogP contribution in [-0.2, 0) is 11.3 Å². The molecule has 1 fully saturated rings. The molecule has 1 aliphatic heterocycles. The Morgan fingerprint density at radius 2 is 2.11 bits per heavy atom. The lowest BCUT2D eigenvalue weighted by atomic mass is 9.98. The molecule has 0 radical (unpaired) electrons. The van der Waals surface area contributed by atoms with Crippen molar-refractivity contribution in [3.63, 3.8) is 0 Å². The van der Waals surface area contributed by atoms with Gasteiger partial charge in [-0.15, -0.1) is 24.0 Å². The minimum atomic E-state index is 0. The van der Waals surface area contributed by atoms with Crippen molar-refractivity contribution in [1.29, 1.82) is 0 Å². The lowest BCUT2D eigenvalue weighted by Gasteiger charge is -2.32. The van der Waals surface area contributed by atoms with E-state index in [9.17, 15) is 0 Å². The Balaban J connectivity index is 0.00000392. The van der Waals surface area contributed by atoms with Gasteiger partial charge in [-0.1, -0.05) is 19.1 Å². The van der Waals surface area contributed by atoms with Gasteiger partial charge < -0.3 is 25.0 Å². The number of likely N-dealkylation sites (tertiary alicyclic amines) is 1. The number of rotatable bonds is 9. The van der Waals surface area contributed by atoms with Crippen LogP contribution in [0.1, 0.15) is 30.9 Å². The Kier molecular flexibility index (Phi) is 12.5. The van der Waals surface area contributed by atoms with Gasteiger partial charge in [0, 0.05) is 39.4 Å². The monoisotopic (exact) mass is 504 g/mol. The normalized spacial score (nSPS) is 17.7. The summed E-state index contributed by atoms with van der Waals surface area (Å²) < 4.78 is 11.0. The SMILES string of the molecule is CCN1CCCC(CNC(=NC)NCc2ccc(C)cc2OCCOC)C1.I. The summed E-state index contributed by atoms with van der Waals surface area (Å²) in [4.78, 5) is 6.90. The summed E-state index contributed by atoms with van der Waals surface area (Å²) in [7, 11) is 3.50. The van der Waals surface area contributed by atoms with Crippen molar-refractivity contribution >= 4 is 29.9 Å². The zero-order chi connectivity index (χ0) is 19.5. The van der Waals surface area contributed by atoms with Gasteiger partial charge in [0.1, 0.15) is 12.4 Å². The highest BCUT2D eigenvalue weighted by Crippen LogP contribution is 2.20. The summed E-state index contributed by atoms with van der Waals surface area (Å²) in [6.45, 7) is 10.6. The van der Waals surface area contributed by atoms with Crippen molar-refractivity contribution in [3.8, 4) is 5.75 Å². The van der Waals surface area contributed by atoms with E-state index >= 15 is 0 Å². The average molecular weight is 504 g/mol. The van der Waals surface area contributed by atoms with Crippen molar-refractivity contribution in [2.45, 2.75) is 33.2 Å². The molecule has 1 unspecified atom stereocenters. The van der Waals surface area contributed by atoms with E-state index in [4.69, 9.17) is 9.47 Å². The summed E-state index contributed by atoms with van der Waals surface area (Å²) in [5, 5.41) is 6.90. The number of guanidine groups is 1. The van der Waals surface area contributed by atoms with Gasteiger partial charge >= 0.3 is 0 Å². The molecular formula is C21H37IN4O2. The largest absolute Gasteiger partial charge is 0.491 e. The van der Waals surface area contributed by atoms with Gasteiger partial charge in [-0.25, -0.2) is 0 Å². The second-order valence-corrected chi connectivity index (χ2v) is 7.16. The van der Waals surface area contributed by atoms with Gasteiger partial charge in [-0.05, 0) is 50.4 Å². The smallest absolute Gasteiger partial charge is 0.191 e. The summed E-state index contributed by atoms with van der Waals surface area (Å²) in [6, 6.07) is 6.29. The Morgan fingerprint density at radius 3 is 2.82 bits per heavy atom. The molecule has 0 spiro atoms. The van der Waals surface area contributed by atoms with Crippen molar-refractivity contribution in [3.05, 3.63) is 29.3 Å². The van der Waals surface area contributed by atoms with E-state index in [0.717, 1.165) is 30.4 Å². The first kappa shape index (κ1) is 25.0. The highest BCUT2D eigenvalue weighted by molar-refractivity contribution is 14.0. The van der Waals surface area contributed by atoms with Crippen LogP contribution in [0.2, 0.25) is 0 Å². The Bertz CT molecular complexity index is 598. The molecule has 2 rings (SSSR count). The summed E-state index contributed by atoms with van der Waals surface area (Å²) in [6.07, 6.45) is 2.58. The first-order valence-corrected chi connectivity index (χ1v) is 10.0. The number of aliphatic imine (C=N–C) groups is 1. The third kappa shape index (κ3) is 8.53. The molecule has 6 nitrogen and oxygen atoms in total. The molecule has 160 valence electrons. The number of nitrogens with one attached hydrogen (secondary N) is 2. The minimum absolute atomic E-state index is 0. The molecule has 1 heterocycles. The highest BCUT2D eigenvalue weighted by Gasteiger charge is 2.18. The van der Waals surface area contributed by atoms with Crippen LogP contribution in [0.5, 0.6) is 5.75 Å². The van der Waals surface area contributed by atoms with Crippen molar-refractivity contribution in [1.82, 2.24) is 15.5 Å². The lowest BCUT2D eigenvalue weighted by Crippen LogP contribution is -2.44. The van der Waals surface area contributed by atoms with Gasteiger partial charge in [0.2, 0.25) is 0 Å². The summed E-state index contributed by atoms with van der Waals surface area (Å²) >= 11 is 0. The fourth-order valence-corrected chi connectivity index (χ4v) is 3.42. The summed E-state index contributed by atoms with van der Waals surface area (Å²) in [5.74, 6) is 2.43. The van der Waals surface area contributed by atoms with E-state index < -0.39 is 0 Å². The number of ether oxygens (including phenoxy) is 2. The summed E-state index contributed by atoms with van der Waals surface area (Å²) in [5.41, 5.74) is 2.31. The zero-order valence-corrected chi connectivity index (χ0v) is 20.1. The van der Waals surface area contributed by atoms with Gasteiger partial charge in [0.15, 0.2) is 5.96 Å². The molecule has 2 N–H and O–H groups in total. The van der Waals surface area contributed by atoms with Crippen molar-refractivity contribution in [2.24, 2.45) is 10.9 Å². The van der Waals surface area contributed by atoms with Gasteiger partial charge in [-0.2, -0.15) is 0 Å². The Labute approximate surface area is 187 Å². The lowest BCUT2D eigenvalue weighted by molar-refractivity contribution is 0.145. The van der Waals surface area contributed by atoms with Crippen molar-refractivity contribution in [2.75, 3.05) is 53.6 Å². The number of nitrogens with zero attached hydrogens (tertiary/aromatic N) is 2. The molecular weight excluding hydrogens is 467 g/mol. The predicted molar refractivity (Wildman–Crippen MR) is 127 cm³/mol. The third-order valence-corrected chi connectivity index (χ3v) is 5.05. The second-order valence-electron chi connectivity index (χ2n) is 7.16. The van der Waals surface area contributed by atoms with Crippen molar-refractivity contribution < 1.29 is 9.47 Å². The molecule has 1 atom stereocenters. The number of methoxy groups -OCH3 is 1. The maximum Gasteiger partial charge on any atom is 0.191 e. The second kappa shape index (κ2) is 14.0. The molecule has 1 aromatic carbocycles. The van der Waals surface area contributed by atoms with Crippen LogP contribution >= 0.6 is 24.0 Å². The van der Waals surface area contributed by atoms with Crippen LogP contribution in [0.15, 0.2) is 23.2 Å². The maximum atomic E-state index is 5.87. The van der Waals surface area contributed by atoms with E-state index in [2.05, 4.69) is 52.6 Å². The molecule has 0 aliphatic carbocycles. The molecule has 0 bridgehead atoms. The predicted octanol–water partition coefficient (Wildman–Crippen LogP) is 3.04. The molecule has 1 aromatic rings. The number of benzene rings is 1. The zero-order valence-electron chi connectivity index (χ0n) is 17.8. The first-order chi connectivity index (χ1) is 13.2. The number of aryl methyl sites for hydroxylation is 1. The van der Waals surface area contributed by atoms with Crippen LogP contribution in [-0.4, -0.2) is 64.4 Å².